The zero-order chi connectivity index (χ0) is 17.6. The molecule has 1 amide bonds. The number of hydrogen-bond donors (Lipinski definition) is 1. The van der Waals surface area contributed by atoms with Gasteiger partial charge in [0.1, 0.15) is 11.2 Å². The van der Waals surface area contributed by atoms with Crippen LogP contribution in [0.4, 0.5) is 4.79 Å². The van der Waals surface area contributed by atoms with Crippen molar-refractivity contribution >= 4 is 12.1 Å². The molecule has 130 valence electrons. The molecular formula is C16H32N2O4. The molecule has 0 bridgehead atoms. The van der Waals surface area contributed by atoms with Gasteiger partial charge in [0.05, 0.1) is 0 Å². The summed E-state index contributed by atoms with van der Waals surface area (Å²) >= 11 is 0. The second kappa shape index (κ2) is 8.36. The van der Waals surface area contributed by atoms with E-state index in [4.69, 9.17) is 15.2 Å². The molecule has 0 unspecified atom stereocenters. The molecular weight excluding hydrogens is 284 g/mol. The van der Waals surface area contributed by atoms with Crippen LogP contribution in [0.25, 0.3) is 0 Å². The lowest BCUT2D eigenvalue weighted by Crippen LogP contribution is -2.44. The van der Waals surface area contributed by atoms with Gasteiger partial charge in [0.25, 0.3) is 0 Å². The molecule has 1 rings (SSSR count). The number of nitrogens with two attached hydrogens (primary N) is 1. The van der Waals surface area contributed by atoms with Gasteiger partial charge in [0.15, 0.2) is 0 Å². The molecule has 0 radical (unpaired) electrons. The van der Waals surface area contributed by atoms with E-state index in [2.05, 4.69) is 0 Å². The molecule has 6 nitrogen and oxygen atoms in total. The average Bonchev–Trinajstić information content (AvgIpc) is 2.24. The lowest BCUT2D eigenvalue weighted by molar-refractivity contribution is -0.151. The Morgan fingerprint density at radius 3 is 1.64 bits per heavy atom. The van der Waals surface area contributed by atoms with Crippen LogP contribution in [0.15, 0.2) is 0 Å². The van der Waals surface area contributed by atoms with Crippen molar-refractivity contribution in [3.8, 4) is 0 Å². The summed E-state index contributed by atoms with van der Waals surface area (Å²) in [7, 11) is 0. The molecule has 0 spiro atoms. The van der Waals surface area contributed by atoms with E-state index in [1.807, 2.05) is 41.5 Å². The molecule has 22 heavy (non-hydrogen) atoms. The van der Waals surface area contributed by atoms with E-state index < -0.39 is 5.60 Å². The van der Waals surface area contributed by atoms with Crippen molar-refractivity contribution in [2.75, 3.05) is 13.1 Å². The van der Waals surface area contributed by atoms with Gasteiger partial charge < -0.3 is 20.1 Å². The van der Waals surface area contributed by atoms with Crippen molar-refractivity contribution < 1.29 is 19.1 Å². The average molecular weight is 316 g/mol. The number of carbonyl (C=O) groups is 2. The van der Waals surface area contributed by atoms with Gasteiger partial charge in [-0.2, -0.15) is 0 Å². The predicted molar refractivity (Wildman–Crippen MR) is 86.5 cm³/mol. The molecule has 1 fully saturated rings. The molecule has 1 heterocycles. The molecule has 0 aromatic rings. The molecule has 2 N–H and O–H groups in total. The van der Waals surface area contributed by atoms with E-state index in [-0.39, 0.29) is 23.7 Å². The van der Waals surface area contributed by atoms with Gasteiger partial charge in [-0.25, -0.2) is 4.79 Å². The Labute approximate surface area is 134 Å². The van der Waals surface area contributed by atoms with Gasteiger partial charge in [-0.05, 0) is 54.4 Å². The minimum absolute atomic E-state index is 0.218. The van der Waals surface area contributed by atoms with Crippen LogP contribution in [0.1, 0.15) is 61.3 Å². The summed E-state index contributed by atoms with van der Waals surface area (Å²) in [4.78, 5) is 23.6. The lowest BCUT2D eigenvalue weighted by atomic mass is 10.1. The predicted octanol–water partition coefficient (Wildman–Crippen LogP) is 2.69. The molecule has 1 aliphatic rings. The number of piperidine rings is 1. The number of carbonyl (C=O) groups excluding carboxylic acids is 2. The first-order chi connectivity index (χ1) is 9.80. The maximum Gasteiger partial charge on any atom is 0.410 e. The van der Waals surface area contributed by atoms with Crippen molar-refractivity contribution in [3.05, 3.63) is 0 Å². The Kier molecular flexibility index (Phi) is 7.87. The number of rotatable bonds is 0. The zero-order valence-corrected chi connectivity index (χ0v) is 15.1. The molecule has 1 aliphatic heterocycles. The van der Waals surface area contributed by atoms with Gasteiger partial charge in [0, 0.05) is 26.1 Å². The Morgan fingerprint density at radius 1 is 0.955 bits per heavy atom. The summed E-state index contributed by atoms with van der Waals surface area (Å²) in [5.41, 5.74) is 5.01. The van der Waals surface area contributed by atoms with Crippen molar-refractivity contribution in [1.82, 2.24) is 4.90 Å². The van der Waals surface area contributed by atoms with Gasteiger partial charge in [-0.3, -0.25) is 4.79 Å². The van der Waals surface area contributed by atoms with Crippen molar-refractivity contribution in [1.29, 1.82) is 0 Å². The maximum atomic E-state index is 11.6. The number of ether oxygens (including phenoxy) is 2. The molecule has 0 saturated carbocycles. The van der Waals surface area contributed by atoms with Crippen LogP contribution in [0.5, 0.6) is 0 Å². The van der Waals surface area contributed by atoms with Crippen molar-refractivity contribution in [2.24, 2.45) is 5.73 Å². The third kappa shape index (κ3) is 11.4. The first kappa shape index (κ1) is 20.7. The number of amides is 1. The van der Waals surface area contributed by atoms with Crippen LogP contribution in [0.3, 0.4) is 0 Å². The SMILES string of the molecule is CC(=O)OC(C)(C)C.CC(C)(C)OC(=O)N1CCC(N)CC1. The Balaban J connectivity index is 0.000000472. The van der Waals surface area contributed by atoms with Gasteiger partial charge in [-0.15, -0.1) is 0 Å². The van der Waals surface area contributed by atoms with E-state index in [1.54, 1.807) is 4.90 Å². The summed E-state index contributed by atoms with van der Waals surface area (Å²) in [6.07, 6.45) is 1.53. The minimum Gasteiger partial charge on any atom is -0.460 e. The third-order valence-electron chi connectivity index (χ3n) is 2.64. The van der Waals surface area contributed by atoms with Crippen LogP contribution in [0, 0.1) is 0 Å². The fourth-order valence-corrected chi connectivity index (χ4v) is 1.84. The quantitative estimate of drug-likeness (QED) is 0.695. The normalized spacial score (nSPS) is 16.5. The number of esters is 1. The van der Waals surface area contributed by atoms with E-state index in [0.717, 1.165) is 25.9 Å². The highest BCUT2D eigenvalue weighted by Gasteiger charge is 2.25. The molecule has 1 saturated heterocycles. The summed E-state index contributed by atoms with van der Waals surface area (Å²) in [5.74, 6) is -0.225. The highest BCUT2D eigenvalue weighted by Crippen LogP contribution is 2.14. The van der Waals surface area contributed by atoms with Crippen LogP contribution in [-0.4, -0.2) is 47.3 Å². The van der Waals surface area contributed by atoms with Crippen molar-refractivity contribution in [2.45, 2.75) is 78.6 Å². The van der Waals surface area contributed by atoms with E-state index >= 15 is 0 Å². The fourth-order valence-electron chi connectivity index (χ4n) is 1.84. The summed E-state index contributed by atoms with van der Waals surface area (Å²) in [6.45, 7) is 14.0. The lowest BCUT2D eigenvalue weighted by Gasteiger charge is -2.32. The van der Waals surface area contributed by atoms with Crippen molar-refractivity contribution in [3.63, 3.8) is 0 Å². The molecule has 0 atom stereocenters. The second-order valence-electron chi connectivity index (χ2n) is 7.51. The minimum atomic E-state index is -0.406. The van der Waals surface area contributed by atoms with E-state index in [9.17, 15) is 9.59 Å². The number of likely N-dealkylation sites (tertiary alicyclic amines) is 1. The number of nitrogens with zero attached hydrogens (tertiary/aromatic N) is 1. The molecule has 0 aromatic heterocycles. The summed E-state index contributed by atoms with van der Waals surface area (Å²) in [5, 5.41) is 0. The molecule has 6 heteroatoms. The monoisotopic (exact) mass is 316 g/mol. The smallest absolute Gasteiger partial charge is 0.410 e. The summed E-state index contributed by atoms with van der Waals surface area (Å²) < 4.78 is 10.1. The summed E-state index contributed by atoms with van der Waals surface area (Å²) in [6, 6.07) is 0.244. The molecule has 0 aromatic carbocycles. The second-order valence-corrected chi connectivity index (χ2v) is 7.51. The third-order valence-corrected chi connectivity index (χ3v) is 2.64. The van der Waals surface area contributed by atoms with E-state index in [1.165, 1.54) is 6.92 Å². The zero-order valence-electron chi connectivity index (χ0n) is 15.1. The van der Waals surface area contributed by atoms with Crippen LogP contribution in [-0.2, 0) is 14.3 Å². The van der Waals surface area contributed by atoms with E-state index in [0.29, 0.717) is 0 Å². The first-order valence-electron chi connectivity index (χ1n) is 7.73. The van der Waals surface area contributed by atoms with Crippen LogP contribution in [0.2, 0.25) is 0 Å². The fraction of sp³-hybridized carbons (Fsp3) is 0.875. The highest BCUT2D eigenvalue weighted by atomic mass is 16.6. The first-order valence-corrected chi connectivity index (χ1v) is 7.73. The van der Waals surface area contributed by atoms with Crippen LogP contribution >= 0.6 is 0 Å². The van der Waals surface area contributed by atoms with Crippen LogP contribution < -0.4 is 5.73 Å². The molecule has 0 aliphatic carbocycles. The highest BCUT2D eigenvalue weighted by molar-refractivity contribution is 5.68. The Morgan fingerprint density at radius 2 is 1.36 bits per heavy atom. The standard InChI is InChI=1S/C10H20N2O2.C6H12O2/c1-10(2,3)14-9(13)12-6-4-8(11)5-7-12;1-5(7)8-6(2,3)4/h8H,4-7,11H2,1-3H3;1-4H3. The largest absolute Gasteiger partial charge is 0.460 e. The number of hydrogen-bond acceptors (Lipinski definition) is 5. The Hall–Kier alpha value is -1.30. The van der Waals surface area contributed by atoms with Gasteiger partial charge in [0.2, 0.25) is 0 Å². The Bertz CT molecular complexity index is 361. The van der Waals surface area contributed by atoms with Gasteiger partial charge >= 0.3 is 12.1 Å². The maximum absolute atomic E-state index is 11.6. The van der Waals surface area contributed by atoms with Gasteiger partial charge in [-0.1, -0.05) is 0 Å². The topological polar surface area (TPSA) is 81.9 Å².